The van der Waals surface area contributed by atoms with E-state index in [1.165, 1.54) is 24.8 Å². The Morgan fingerprint density at radius 1 is 1.03 bits per heavy atom. The SMILES string of the molecule is CC/C(=C\c1ccccc1)[C@@H]1C[C@H]1NC[C@H]1C[C@H](NCc2ccc(C(=O)O)cc2)C1. The molecule has 0 saturated heterocycles. The summed E-state index contributed by atoms with van der Waals surface area (Å²) >= 11 is 0. The molecular formula is C26H32N2O2. The van der Waals surface area contributed by atoms with Crippen LogP contribution in [0.25, 0.3) is 6.08 Å². The summed E-state index contributed by atoms with van der Waals surface area (Å²) in [5.74, 6) is 0.600. The van der Waals surface area contributed by atoms with E-state index in [4.69, 9.17) is 5.11 Å². The van der Waals surface area contributed by atoms with E-state index < -0.39 is 5.97 Å². The van der Waals surface area contributed by atoms with Crippen molar-refractivity contribution in [3.63, 3.8) is 0 Å². The van der Waals surface area contributed by atoms with Crippen molar-refractivity contribution in [2.24, 2.45) is 11.8 Å². The van der Waals surface area contributed by atoms with Crippen LogP contribution in [0.3, 0.4) is 0 Å². The van der Waals surface area contributed by atoms with Gasteiger partial charge in [0.25, 0.3) is 0 Å². The molecule has 0 bridgehead atoms. The second-order valence-corrected chi connectivity index (χ2v) is 8.76. The van der Waals surface area contributed by atoms with E-state index in [0.717, 1.165) is 31.0 Å². The van der Waals surface area contributed by atoms with Crippen molar-refractivity contribution in [3.05, 3.63) is 76.9 Å². The van der Waals surface area contributed by atoms with Gasteiger partial charge in [-0.1, -0.05) is 61.0 Å². The Morgan fingerprint density at radius 3 is 2.43 bits per heavy atom. The highest BCUT2D eigenvalue weighted by Crippen LogP contribution is 2.40. The average Bonchev–Trinajstić information content (AvgIpc) is 3.51. The highest BCUT2D eigenvalue weighted by molar-refractivity contribution is 5.87. The number of nitrogens with one attached hydrogen (secondary N) is 2. The molecule has 0 radical (unpaired) electrons. The van der Waals surface area contributed by atoms with E-state index in [9.17, 15) is 4.79 Å². The first kappa shape index (κ1) is 20.8. The molecule has 158 valence electrons. The van der Waals surface area contributed by atoms with Crippen LogP contribution in [0.4, 0.5) is 0 Å². The van der Waals surface area contributed by atoms with Gasteiger partial charge in [0.2, 0.25) is 0 Å². The van der Waals surface area contributed by atoms with Crippen LogP contribution in [0.5, 0.6) is 0 Å². The Bertz CT molecular complexity index is 870. The van der Waals surface area contributed by atoms with Crippen molar-refractivity contribution in [2.45, 2.75) is 51.2 Å². The standard InChI is InChI=1S/C26H32N2O2/c1-2-21(12-18-6-4-3-5-7-18)24-15-25(24)28-17-20-13-23(14-20)27-16-19-8-10-22(11-9-19)26(29)30/h3-12,20,23-25,27-28H,2,13-17H2,1H3,(H,29,30)/b21-12+/t20-,23-,24-,25+/m0/s1. The maximum Gasteiger partial charge on any atom is 0.335 e. The topological polar surface area (TPSA) is 61.4 Å². The summed E-state index contributed by atoms with van der Waals surface area (Å²) in [6.45, 7) is 4.19. The fourth-order valence-corrected chi connectivity index (χ4v) is 4.48. The predicted octanol–water partition coefficient (Wildman–Crippen LogP) is 4.72. The lowest BCUT2D eigenvalue weighted by Gasteiger charge is -2.36. The van der Waals surface area contributed by atoms with Gasteiger partial charge in [-0.3, -0.25) is 0 Å². The summed E-state index contributed by atoms with van der Waals surface area (Å²) in [7, 11) is 0. The Hall–Kier alpha value is -2.43. The molecule has 3 N–H and O–H groups in total. The molecule has 2 fully saturated rings. The summed E-state index contributed by atoms with van der Waals surface area (Å²) in [6, 6.07) is 19.0. The van der Waals surface area contributed by atoms with Gasteiger partial charge in [0.1, 0.15) is 0 Å². The molecule has 2 aliphatic rings. The van der Waals surface area contributed by atoms with Crippen LogP contribution in [0.1, 0.15) is 54.1 Å². The summed E-state index contributed by atoms with van der Waals surface area (Å²) in [4.78, 5) is 10.9. The Kier molecular flexibility index (Phi) is 6.66. The molecule has 0 spiro atoms. The molecule has 4 nitrogen and oxygen atoms in total. The van der Waals surface area contributed by atoms with E-state index in [0.29, 0.717) is 23.6 Å². The third-order valence-electron chi connectivity index (χ3n) is 6.53. The molecule has 4 rings (SSSR count). The molecule has 2 aromatic rings. The fourth-order valence-electron chi connectivity index (χ4n) is 4.48. The number of benzene rings is 2. The van der Waals surface area contributed by atoms with Crippen LogP contribution in [0.2, 0.25) is 0 Å². The summed E-state index contributed by atoms with van der Waals surface area (Å²) in [5, 5.41) is 16.4. The average molecular weight is 405 g/mol. The van der Waals surface area contributed by atoms with Gasteiger partial charge in [-0.25, -0.2) is 4.79 Å². The van der Waals surface area contributed by atoms with Crippen molar-refractivity contribution in [1.29, 1.82) is 0 Å². The van der Waals surface area contributed by atoms with Crippen molar-refractivity contribution >= 4 is 12.0 Å². The maximum atomic E-state index is 10.9. The molecule has 2 saturated carbocycles. The first-order valence-electron chi connectivity index (χ1n) is 11.2. The quantitative estimate of drug-likeness (QED) is 0.536. The monoisotopic (exact) mass is 404 g/mol. The third kappa shape index (κ3) is 5.38. The predicted molar refractivity (Wildman–Crippen MR) is 121 cm³/mol. The van der Waals surface area contributed by atoms with Crippen molar-refractivity contribution in [1.82, 2.24) is 10.6 Å². The number of carboxylic acids is 1. The normalized spacial score (nSPS) is 25.6. The molecule has 0 heterocycles. The van der Waals surface area contributed by atoms with E-state index in [1.807, 2.05) is 12.1 Å². The Labute approximate surface area is 179 Å². The van der Waals surface area contributed by atoms with Crippen LogP contribution in [-0.2, 0) is 6.54 Å². The van der Waals surface area contributed by atoms with Gasteiger partial charge < -0.3 is 15.7 Å². The lowest BCUT2D eigenvalue weighted by atomic mass is 9.80. The largest absolute Gasteiger partial charge is 0.478 e. The molecule has 0 aliphatic heterocycles. The van der Waals surface area contributed by atoms with Crippen molar-refractivity contribution < 1.29 is 9.90 Å². The summed E-state index contributed by atoms with van der Waals surface area (Å²) in [6.07, 6.45) is 7.21. The van der Waals surface area contributed by atoms with Gasteiger partial charge in [0.05, 0.1) is 5.56 Å². The van der Waals surface area contributed by atoms with Crippen LogP contribution >= 0.6 is 0 Å². The Morgan fingerprint density at radius 2 is 1.77 bits per heavy atom. The third-order valence-corrected chi connectivity index (χ3v) is 6.53. The zero-order valence-electron chi connectivity index (χ0n) is 17.7. The number of hydrogen-bond donors (Lipinski definition) is 3. The van der Waals surface area contributed by atoms with Crippen LogP contribution in [0, 0.1) is 11.8 Å². The minimum absolute atomic E-state index is 0.344. The number of hydrogen-bond acceptors (Lipinski definition) is 3. The first-order chi connectivity index (χ1) is 14.6. The summed E-state index contributed by atoms with van der Waals surface area (Å²) in [5.41, 5.74) is 4.36. The highest BCUT2D eigenvalue weighted by Gasteiger charge is 2.39. The van der Waals surface area contributed by atoms with Crippen molar-refractivity contribution in [2.75, 3.05) is 6.54 Å². The van der Waals surface area contributed by atoms with E-state index in [1.54, 1.807) is 17.7 Å². The van der Waals surface area contributed by atoms with Gasteiger partial charge in [-0.2, -0.15) is 0 Å². The second kappa shape index (κ2) is 9.59. The van der Waals surface area contributed by atoms with Crippen LogP contribution < -0.4 is 10.6 Å². The van der Waals surface area contributed by atoms with E-state index in [2.05, 4.69) is 54.0 Å². The lowest BCUT2D eigenvalue weighted by Crippen LogP contribution is -2.44. The van der Waals surface area contributed by atoms with Crippen molar-refractivity contribution in [3.8, 4) is 0 Å². The maximum absolute atomic E-state index is 10.9. The molecule has 0 aromatic heterocycles. The smallest absolute Gasteiger partial charge is 0.335 e. The molecule has 0 amide bonds. The minimum atomic E-state index is -0.872. The number of carbonyl (C=O) groups is 1. The lowest BCUT2D eigenvalue weighted by molar-refractivity contribution is 0.0697. The molecule has 30 heavy (non-hydrogen) atoms. The fraction of sp³-hybridized carbons (Fsp3) is 0.423. The summed E-state index contributed by atoms with van der Waals surface area (Å²) < 4.78 is 0. The molecule has 0 unspecified atom stereocenters. The number of rotatable bonds is 10. The highest BCUT2D eigenvalue weighted by atomic mass is 16.4. The zero-order valence-corrected chi connectivity index (χ0v) is 17.7. The van der Waals surface area contributed by atoms with Gasteiger partial charge in [0, 0.05) is 18.6 Å². The zero-order chi connectivity index (χ0) is 20.9. The second-order valence-electron chi connectivity index (χ2n) is 8.76. The molecule has 2 aromatic carbocycles. The van der Waals surface area contributed by atoms with Gasteiger partial charge in [0.15, 0.2) is 0 Å². The first-order valence-corrected chi connectivity index (χ1v) is 11.2. The van der Waals surface area contributed by atoms with E-state index >= 15 is 0 Å². The molecule has 4 heteroatoms. The molecule has 2 aliphatic carbocycles. The molecular weight excluding hydrogens is 372 g/mol. The van der Waals surface area contributed by atoms with E-state index in [-0.39, 0.29) is 0 Å². The van der Waals surface area contributed by atoms with Crippen LogP contribution in [0.15, 0.2) is 60.2 Å². The molecule has 2 atom stereocenters. The van der Waals surface area contributed by atoms with Gasteiger partial charge in [-0.05, 0) is 67.3 Å². The van der Waals surface area contributed by atoms with Gasteiger partial charge >= 0.3 is 5.97 Å². The van der Waals surface area contributed by atoms with Crippen LogP contribution in [-0.4, -0.2) is 29.7 Å². The Balaban J connectivity index is 1.14. The number of carboxylic acid groups (broad SMARTS) is 1. The van der Waals surface area contributed by atoms with Gasteiger partial charge in [-0.15, -0.1) is 0 Å². The minimum Gasteiger partial charge on any atom is -0.478 e. The number of aromatic carboxylic acids is 1.